The van der Waals surface area contributed by atoms with Gasteiger partial charge in [-0.1, -0.05) is 18.2 Å². The van der Waals surface area contributed by atoms with E-state index in [9.17, 15) is 27.6 Å². The van der Waals surface area contributed by atoms with Crippen LogP contribution < -0.4 is 10.2 Å². The van der Waals surface area contributed by atoms with E-state index in [1.165, 1.54) is 4.90 Å². The average Bonchev–Trinajstić information content (AvgIpc) is 3.17. The van der Waals surface area contributed by atoms with Crippen LogP contribution in [0.4, 0.5) is 23.7 Å². The summed E-state index contributed by atoms with van der Waals surface area (Å²) < 4.78 is 31.7. The number of likely N-dealkylation sites (N-methyl/N-ethyl adjacent to an activating group) is 1. The number of carboxylic acid groups (broad SMARTS) is 2. The van der Waals surface area contributed by atoms with E-state index in [1.54, 1.807) is 37.3 Å². The number of hydrogen-bond acceptors (Lipinski definition) is 5. The highest BCUT2D eigenvalue weighted by atomic mass is 19.4. The van der Waals surface area contributed by atoms with Gasteiger partial charge in [0.15, 0.2) is 0 Å². The maximum atomic E-state index is 12.9. The van der Waals surface area contributed by atoms with E-state index in [0.29, 0.717) is 12.2 Å². The van der Waals surface area contributed by atoms with Gasteiger partial charge in [-0.05, 0) is 19.1 Å². The van der Waals surface area contributed by atoms with E-state index in [4.69, 9.17) is 15.0 Å². The first-order valence-corrected chi connectivity index (χ1v) is 8.43. The summed E-state index contributed by atoms with van der Waals surface area (Å²) >= 11 is 0. The van der Waals surface area contributed by atoms with Crippen molar-refractivity contribution in [1.29, 1.82) is 0 Å². The molecule has 0 unspecified atom stereocenters. The Balaban J connectivity index is 0.000000370. The number of carbonyl (C=O) groups excluding carboxylic acids is 2. The number of nitrogens with one attached hydrogen (secondary N) is 1. The molecule has 1 aromatic rings. The third-order valence-electron chi connectivity index (χ3n) is 4.59. The number of amides is 3. The molecule has 0 radical (unpaired) electrons. The predicted molar refractivity (Wildman–Crippen MR) is 92.2 cm³/mol. The molecule has 1 aromatic carbocycles. The smallest absolute Gasteiger partial charge is 0.480 e. The zero-order chi connectivity index (χ0) is 22.0. The van der Waals surface area contributed by atoms with Crippen molar-refractivity contribution < 1.29 is 42.6 Å². The lowest BCUT2D eigenvalue weighted by Crippen LogP contribution is -2.51. The average molecular weight is 417 g/mol. The molecule has 1 spiro atoms. The van der Waals surface area contributed by atoms with Gasteiger partial charge in [0, 0.05) is 19.5 Å². The molecular weight excluding hydrogens is 399 g/mol. The highest BCUT2D eigenvalue weighted by molar-refractivity contribution is 6.23. The maximum absolute atomic E-state index is 12.9. The molecule has 0 saturated carbocycles. The Morgan fingerprint density at radius 2 is 1.76 bits per heavy atom. The zero-order valence-corrected chi connectivity index (χ0v) is 15.1. The second kappa shape index (κ2) is 8.07. The number of carbonyl (C=O) groups is 4. The van der Waals surface area contributed by atoms with Gasteiger partial charge in [0.2, 0.25) is 0 Å². The number of para-hydroxylation sites is 1. The fourth-order valence-electron chi connectivity index (χ4n) is 3.27. The molecule has 2 saturated heterocycles. The van der Waals surface area contributed by atoms with Crippen LogP contribution in [0.25, 0.3) is 0 Å². The Labute approximate surface area is 162 Å². The molecule has 9 nitrogen and oxygen atoms in total. The van der Waals surface area contributed by atoms with Gasteiger partial charge < -0.3 is 20.4 Å². The van der Waals surface area contributed by atoms with Crippen molar-refractivity contribution in [2.45, 2.75) is 31.1 Å². The van der Waals surface area contributed by atoms with Crippen LogP contribution in [0.15, 0.2) is 30.3 Å². The largest absolute Gasteiger partial charge is 0.490 e. The first-order valence-electron chi connectivity index (χ1n) is 8.43. The summed E-state index contributed by atoms with van der Waals surface area (Å²) in [5.41, 5.74) is -0.600. The second-order valence-electron chi connectivity index (χ2n) is 6.31. The Bertz CT molecular complexity index is 816. The molecule has 29 heavy (non-hydrogen) atoms. The first-order chi connectivity index (χ1) is 13.5. The van der Waals surface area contributed by atoms with Crippen molar-refractivity contribution in [3.8, 4) is 0 Å². The van der Waals surface area contributed by atoms with E-state index in [0.717, 1.165) is 4.90 Å². The van der Waals surface area contributed by atoms with Crippen molar-refractivity contribution in [2.24, 2.45) is 0 Å². The first kappa shape index (κ1) is 22.1. The van der Waals surface area contributed by atoms with Crippen molar-refractivity contribution in [1.82, 2.24) is 10.2 Å². The monoisotopic (exact) mass is 417 g/mol. The molecule has 3 rings (SSSR count). The number of urea groups is 1. The lowest BCUT2D eigenvalue weighted by atomic mass is 9.94. The Morgan fingerprint density at radius 3 is 2.17 bits per heavy atom. The van der Waals surface area contributed by atoms with Gasteiger partial charge in [-0.2, -0.15) is 13.2 Å². The number of hydrogen-bond donors (Lipinski definition) is 3. The molecule has 2 aliphatic heterocycles. The minimum absolute atomic E-state index is 0.0874. The molecule has 0 aliphatic carbocycles. The standard InChI is InChI=1S/C15H17N3O4.C2HF3O2/c1-2-17-14(22)18(10-6-4-3-5-7-10)13(21)15(17)8-11(12(19)20)16-9-15;3-2(4,5)1(6)7/h3-7,11,16H,2,8-9H2,1H3,(H,19,20);(H,6,7)/t11-,15+;/m0./s1. The Hall–Kier alpha value is -3.15. The summed E-state index contributed by atoms with van der Waals surface area (Å²) in [6.07, 6.45) is -5.00. The summed E-state index contributed by atoms with van der Waals surface area (Å²) in [6.45, 7) is 2.29. The predicted octanol–water partition coefficient (Wildman–Crippen LogP) is 1.29. The highest BCUT2D eigenvalue weighted by Crippen LogP contribution is 2.37. The lowest BCUT2D eigenvalue weighted by molar-refractivity contribution is -0.192. The number of alkyl halides is 3. The molecular formula is C17H18F3N3O6. The Morgan fingerprint density at radius 1 is 1.21 bits per heavy atom. The lowest BCUT2D eigenvalue weighted by Gasteiger charge is -2.29. The zero-order valence-electron chi connectivity index (χ0n) is 15.1. The summed E-state index contributed by atoms with van der Waals surface area (Å²) in [7, 11) is 0. The molecule has 2 atom stereocenters. The highest BCUT2D eigenvalue weighted by Gasteiger charge is 2.61. The fraction of sp³-hybridized carbons (Fsp3) is 0.412. The summed E-state index contributed by atoms with van der Waals surface area (Å²) in [6, 6.07) is 7.49. The van der Waals surface area contributed by atoms with Gasteiger partial charge in [0.1, 0.15) is 11.6 Å². The molecule has 2 aliphatic rings. The number of halogens is 3. The number of rotatable bonds is 3. The van der Waals surface area contributed by atoms with E-state index >= 15 is 0 Å². The van der Waals surface area contributed by atoms with Crippen LogP contribution in [-0.4, -0.2) is 69.8 Å². The second-order valence-corrected chi connectivity index (χ2v) is 6.31. The number of nitrogens with zero attached hydrogens (tertiary/aromatic N) is 2. The van der Waals surface area contributed by atoms with Gasteiger partial charge >= 0.3 is 24.1 Å². The van der Waals surface area contributed by atoms with Gasteiger partial charge in [0.05, 0.1) is 5.69 Å². The molecule has 0 bridgehead atoms. The van der Waals surface area contributed by atoms with Crippen molar-refractivity contribution in [2.75, 3.05) is 18.0 Å². The van der Waals surface area contributed by atoms with E-state index in [-0.39, 0.29) is 18.9 Å². The molecule has 158 valence electrons. The third-order valence-corrected chi connectivity index (χ3v) is 4.59. The quantitative estimate of drug-likeness (QED) is 0.633. The van der Waals surface area contributed by atoms with Crippen LogP contribution in [0.1, 0.15) is 13.3 Å². The number of aliphatic carboxylic acids is 2. The molecule has 2 fully saturated rings. The van der Waals surface area contributed by atoms with Crippen LogP contribution >= 0.6 is 0 Å². The van der Waals surface area contributed by atoms with Crippen LogP contribution in [0, 0.1) is 0 Å². The van der Waals surface area contributed by atoms with Crippen molar-refractivity contribution >= 4 is 29.6 Å². The molecule has 2 heterocycles. The molecule has 0 aromatic heterocycles. The maximum Gasteiger partial charge on any atom is 0.490 e. The summed E-state index contributed by atoms with van der Waals surface area (Å²) in [5, 5.41) is 19.1. The molecule has 3 amide bonds. The number of anilines is 1. The van der Waals surface area contributed by atoms with Gasteiger partial charge in [-0.25, -0.2) is 14.5 Å². The van der Waals surface area contributed by atoms with Gasteiger partial charge in [-0.15, -0.1) is 0 Å². The summed E-state index contributed by atoms with van der Waals surface area (Å²) in [4.78, 5) is 48.2. The van der Waals surface area contributed by atoms with E-state index < -0.39 is 35.7 Å². The van der Waals surface area contributed by atoms with E-state index in [2.05, 4.69) is 5.32 Å². The van der Waals surface area contributed by atoms with Crippen LogP contribution in [0.5, 0.6) is 0 Å². The van der Waals surface area contributed by atoms with Crippen LogP contribution in [0.2, 0.25) is 0 Å². The van der Waals surface area contributed by atoms with Crippen molar-refractivity contribution in [3.63, 3.8) is 0 Å². The fourth-order valence-corrected chi connectivity index (χ4v) is 3.27. The molecule has 12 heteroatoms. The van der Waals surface area contributed by atoms with Crippen molar-refractivity contribution in [3.05, 3.63) is 30.3 Å². The third kappa shape index (κ3) is 4.16. The number of carboxylic acids is 2. The number of benzene rings is 1. The van der Waals surface area contributed by atoms with E-state index in [1.807, 2.05) is 0 Å². The normalized spacial score (nSPS) is 23.9. The van der Waals surface area contributed by atoms with Gasteiger partial charge in [0.25, 0.3) is 5.91 Å². The SMILES string of the molecule is CCN1C(=O)N(c2ccccc2)C(=O)[C@@]12CN[C@H](C(=O)O)C2.O=C(O)C(F)(F)F. The summed E-state index contributed by atoms with van der Waals surface area (Å²) in [5.74, 6) is -4.12. The molecule has 3 N–H and O–H groups in total. The minimum Gasteiger partial charge on any atom is -0.480 e. The van der Waals surface area contributed by atoms with Crippen LogP contribution in [-0.2, 0) is 14.4 Å². The van der Waals surface area contributed by atoms with Crippen LogP contribution in [0.3, 0.4) is 0 Å². The Kier molecular flexibility index (Phi) is 6.16. The number of imide groups is 1. The van der Waals surface area contributed by atoms with Gasteiger partial charge in [-0.3, -0.25) is 9.59 Å². The minimum atomic E-state index is -5.08. The topological polar surface area (TPSA) is 127 Å².